The topological polar surface area (TPSA) is 72.9 Å². The number of benzene rings is 1. The van der Waals surface area contributed by atoms with Crippen molar-refractivity contribution in [2.24, 2.45) is 5.73 Å². The molecule has 5 heteroatoms. The van der Waals surface area contributed by atoms with E-state index in [-0.39, 0.29) is 11.9 Å². The Morgan fingerprint density at radius 2 is 2.29 bits per heavy atom. The summed E-state index contributed by atoms with van der Waals surface area (Å²) >= 11 is 0. The maximum Gasteiger partial charge on any atom is 0.271 e. The summed E-state index contributed by atoms with van der Waals surface area (Å²) in [5.41, 5.74) is 8.52. The predicted octanol–water partition coefficient (Wildman–Crippen LogP) is 1.65. The van der Waals surface area contributed by atoms with Crippen LogP contribution in [0.3, 0.4) is 0 Å². The maximum atomic E-state index is 12.3. The molecule has 1 aromatic heterocycles. The average molecular weight is 284 g/mol. The molecule has 3 rings (SSSR count). The Labute approximate surface area is 124 Å². The van der Waals surface area contributed by atoms with E-state index in [9.17, 15) is 4.79 Å². The molecular weight excluding hydrogens is 264 g/mol. The van der Waals surface area contributed by atoms with Crippen molar-refractivity contribution in [1.82, 2.24) is 14.9 Å². The quantitative estimate of drug-likeness (QED) is 0.896. The van der Waals surface area contributed by atoms with Gasteiger partial charge >= 0.3 is 0 Å². The summed E-state index contributed by atoms with van der Waals surface area (Å²) in [4.78, 5) is 16.5. The smallest absolute Gasteiger partial charge is 0.271 e. The van der Waals surface area contributed by atoms with Gasteiger partial charge in [-0.2, -0.15) is 0 Å². The van der Waals surface area contributed by atoms with Crippen molar-refractivity contribution in [2.45, 2.75) is 31.8 Å². The van der Waals surface area contributed by atoms with Crippen LogP contribution in [0.5, 0.6) is 0 Å². The van der Waals surface area contributed by atoms with Crippen molar-refractivity contribution in [3.63, 3.8) is 0 Å². The van der Waals surface area contributed by atoms with E-state index in [1.807, 2.05) is 10.6 Å². The number of nitrogens with zero attached hydrogens (tertiary/aromatic N) is 2. The summed E-state index contributed by atoms with van der Waals surface area (Å²) in [5, 5.41) is 3.10. The zero-order chi connectivity index (χ0) is 14.7. The first-order valence-corrected chi connectivity index (χ1v) is 7.38. The summed E-state index contributed by atoms with van der Waals surface area (Å²) in [7, 11) is 0. The lowest BCUT2D eigenvalue weighted by Gasteiger charge is -2.26. The van der Waals surface area contributed by atoms with Crippen LogP contribution in [0.4, 0.5) is 0 Å². The Morgan fingerprint density at radius 3 is 3.14 bits per heavy atom. The highest BCUT2D eigenvalue weighted by Crippen LogP contribution is 2.29. The first-order chi connectivity index (χ1) is 10.3. The fourth-order valence-electron chi connectivity index (χ4n) is 2.88. The number of imidazole rings is 1. The Hall–Kier alpha value is -2.14. The minimum atomic E-state index is -0.118. The van der Waals surface area contributed by atoms with Gasteiger partial charge in [0, 0.05) is 19.3 Å². The van der Waals surface area contributed by atoms with E-state index >= 15 is 0 Å². The molecule has 2 aromatic rings. The van der Waals surface area contributed by atoms with Crippen LogP contribution in [0, 0.1) is 0 Å². The zero-order valence-electron chi connectivity index (χ0n) is 12.0. The van der Waals surface area contributed by atoms with Crippen molar-refractivity contribution >= 4 is 5.91 Å². The van der Waals surface area contributed by atoms with Gasteiger partial charge in [0.15, 0.2) is 0 Å². The number of carbonyl (C=O) groups excluding carboxylic acids is 1. The highest BCUT2D eigenvalue weighted by molar-refractivity contribution is 5.92. The van der Waals surface area contributed by atoms with Gasteiger partial charge in [0.05, 0.1) is 12.4 Å². The van der Waals surface area contributed by atoms with Gasteiger partial charge in [-0.25, -0.2) is 4.98 Å². The molecule has 5 nitrogen and oxygen atoms in total. The van der Waals surface area contributed by atoms with Gasteiger partial charge in [0.2, 0.25) is 0 Å². The number of hydrogen-bond donors (Lipinski definition) is 2. The van der Waals surface area contributed by atoms with E-state index < -0.39 is 0 Å². The molecule has 1 atom stereocenters. The molecule has 1 heterocycles. The molecule has 3 N–H and O–H groups in total. The minimum absolute atomic E-state index is 0.0853. The molecule has 0 spiro atoms. The monoisotopic (exact) mass is 284 g/mol. The Morgan fingerprint density at radius 1 is 1.43 bits per heavy atom. The van der Waals surface area contributed by atoms with Crippen molar-refractivity contribution in [1.29, 1.82) is 0 Å². The van der Waals surface area contributed by atoms with E-state index in [2.05, 4.69) is 28.5 Å². The fourth-order valence-corrected chi connectivity index (χ4v) is 2.88. The number of nitrogens with two attached hydrogens (primary N) is 1. The lowest BCUT2D eigenvalue weighted by atomic mass is 9.88. The van der Waals surface area contributed by atoms with Gasteiger partial charge in [0.1, 0.15) is 5.69 Å². The molecule has 1 aliphatic rings. The standard InChI is InChI=1S/C16H20N4O/c17-8-9-20-10-15(18-11-20)16(21)19-14-7-3-5-12-4-1-2-6-13(12)14/h1-2,4,6,10-11,14H,3,5,7-9,17H2,(H,19,21). The van der Waals surface area contributed by atoms with Gasteiger partial charge in [-0.1, -0.05) is 24.3 Å². The third-order valence-electron chi connectivity index (χ3n) is 3.93. The highest BCUT2D eigenvalue weighted by Gasteiger charge is 2.22. The summed E-state index contributed by atoms with van der Waals surface area (Å²) in [6.07, 6.45) is 6.57. The third kappa shape index (κ3) is 2.97. The Kier molecular flexibility index (Phi) is 4.01. The molecule has 1 aromatic carbocycles. The molecule has 0 saturated carbocycles. The Balaban J connectivity index is 1.73. The molecule has 0 aliphatic heterocycles. The molecule has 0 bridgehead atoms. The number of amides is 1. The molecular formula is C16H20N4O. The van der Waals surface area contributed by atoms with E-state index in [4.69, 9.17) is 5.73 Å². The zero-order valence-corrected chi connectivity index (χ0v) is 12.0. The van der Waals surface area contributed by atoms with Crippen LogP contribution < -0.4 is 11.1 Å². The number of aromatic nitrogens is 2. The van der Waals surface area contributed by atoms with Crippen LogP contribution in [0.1, 0.15) is 40.5 Å². The highest BCUT2D eigenvalue weighted by atomic mass is 16.2. The lowest BCUT2D eigenvalue weighted by Crippen LogP contribution is -2.31. The molecule has 1 unspecified atom stereocenters. The second-order valence-corrected chi connectivity index (χ2v) is 5.40. The van der Waals surface area contributed by atoms with E-state index in [1.165, 1.54) is 11.1 Å². The molecule has 1 aliphatic carbocycles. The number of fused-ring (bicyclic) bond motifs is 1. The summed E-state index contributed by atoms with van der Waals surface area (Å²) in [5.74, 6) is -0.118. The number of aryl methyl sites for hydroxylation is 1. The van der Waals surface area contributed by atoms with Crippen LogP contribution in [0.25, 0.3) is 0 Å². The normalized spacial score (nSPS) is 17.3. The van der Waals surface area contributed by atoms with Crippen LogP contribution >= 0.6 is 0 Å². The maximum absolute atomic E-state index is 12.3. The van der Waals surface area contributed by atoms with Crippen molar-refractivity contribution in [3.8, 4) is 0 Å². The number of hydrogen-bond acceptors (Lipinski definition) is 3. The van der Waals surface area contributed by atoms with Crippen LogP contribution in [0.15, 0.2) is 36.8 Å². The van der Waals surface area contributed by atoms with Gasteiger partial charge < -0.3 is 15.6 Å². The van der Waals surface area contributed by atoms with Crippen LogP contribution in [-0.4, -0.2) is 22.0 Å². The van der Waals surface area contributed by atoms with Gasteiger partial charge in [-0.15, -0.1) is 0 Å². The largest absolute Gasteiger partial charge is 0.344 e. The molecule has 21 heavy (non-hydrogen) atoms. The summed E-state index contributed by atoms with van der Waals surface area (Å²) in [6, 6.07) is 8.41. The number of carbonyl (C=O) groups is 1. The fraction of sp³-hybridized carbons (Fsp3) is 0.375. The molecule has 0 saturated heterocycles. The number of rotatable bonds is 4. The van der Waals surface area contributed by atoms with Crippen LogP contribution in [0.2, 0.25) is 0 Å². The van der Waals surface area contributed by atoms with E-state index in [0.717, 1.165) is 19.3 Å². The van der Waals surface area contributed by atoms with Crippen LogP contribution in [-0.2, 0) is 13.0 Å². The molecule has 0 radical (unpaired) electrons. The van der Waals surface area contributed by atoms with Gasteiger partial charge in [0.25, 0.3) is 5.91 Å². The predicted molar refractivity (Wildman–Crippen MR) is 80.9 cm³/mol. The lowest BCUT2D eigenvalue weighted by molar-refractivity contribution is 0.0928. The second kappa shape index (κ2) is 6.10. The molecule has 1 amide bonds. The second-order valence-electron chi connectivity index (χ2n) is 5.40. The summed E-state index contributed by atoms with van der Waals surface area (Å²) in [6.45, 7) is 1.21. The third-order valence-corrected chi connectivity index (χ3v) is 3.93. The average Bonchev–Trinajstić information content (AvgIpc) is 2.97. The minimum Gasteiger partial charge on any atom is -0.344 e. The van der Waals surface area contributed by atoms with Gasteiger partial charge in [-0.3, -0.25) is 4.79 Å². The number of nitrogens with one attached hydrogen (secondary N) is 1. The summed E-state index contributed by atoms with van der Waals surface area (Å²) < 4.78 is 1.84. The Bertz CT molecular complexity index is 635. The SMILES string of the molecule is NCCn1cnc(C(=O)NC2CCCc3ccccc32)c1. The first-order valence-electron chi connectivity index (χ1n) is 7.38. The van der Waals surface area contributed by atoms with Gasteiger partial charge in [-0.05, 0) is 30.4 Å². The molecule has 110 valence electrons. The van der Waals surface area contributed by atoms with E-state index in [1.54, 1.807) is 12.5 Å². The van der Waals surface area contributed by atoms with Crippen molar-refractivity contribution in [3.05, 3.63) is 53.6 Å². The molecule has 0 fully saturated rings. The van der Waals surface area contributed by atoms with Crippen molar-refractivity contribution in [2.75, 3.05) is 6.54 Å². The first kappa shape index (κ1) is 13.8. The van der Waals surface area contributed by atoms with Crippen molar-refractivity contribution < 1.29 is 4.79 Å². The van der Waals surface area contributed by atoms with E-state index in [0.29, 0.717) is 18.8 Å².